The van der Waals surface area contributed by atoms with Crippen molar-refractivity contribution in [3.8, 4) is 0 Å². The van der Waals surface area contributed by atoms with Gasteiger partial charge in [-0.1, -0.05) is 0 Å². The van der Waals surface area contributed by atoms with Crippen molar-refractivity contribution in [2.45, 2.75) is 4.90 Å². The molecule has 0 saturated heterocycles. The van der Waals surface area contributed by atoms with Crippen LogP contribution in [-0.4, -0.2) is 23.3 Å². The van der Waals surface area contributed by atoms with Gasteiger partial charge in [-0.15, -0.1) is 0 Å². The lowest BCUT2D eigenvalue weighted by Crippen LogP contribution is -2.15. The summed E-state index contributed by atoms with van der Waals surface area (Å²) in [5.41, 5.74) is 1.91. The van der Waals surface area contributed by atoms with Crippen LogP contribution in [0.3, 0.4) is 0 Å². The molecule has 10 nitrogen and oxygen atoms in total. The van der Waals surface area contributed by atoms with Crippen molar-refractivity contribution >= 4 is 27.1 Å². The Morgan fingerprint density at radius 3 is 2.43 bits per heavy atom. The number of hydrogen-bond acceptors (Lipinski definition) is 8. The Morgan fingerprint density at radius 1 is 1.19 bits per heavy atom. The fourth-order valence-electron chi connectivity index (χ4n) is 1.54. The topological polar surface area (TPSA) is 153 Å². The Labute approximate surface area is 119 Å². The van der Waals surface area contributed by atoms with Gasteiger partial charge >= 0.3 is 0 Å². The minimum atomic E-state index is -4.15. The molecule has 21 heavy (non-hydrogen) atoms. The van der Waals surface area contributed by atoms with Gasteiger partial charge in [0.1, 0.15) is 6.33 Å². The van der Waals surface area contributed by atoms with Crippen LogP contribution in [0.2, 0.25) is 0 Å². The van der Waals surface area contributed by atoms with Crippen molar-refractivity contribution in [1.29, 1.82) is 0 Å². The highest BCUT2D eigenvalue weighted by atomic mass is 32.2. The first-order chi connectivity index (χ1) is 9.94. The number of nitro groups is 1. The van der Waals surface area contributed by atoms with Crippen molar-refractivity contribution in [2.75, 3.05) is 10.1 Å². The molecule has 1 heterocycles. The van der Waals surface area contributed by atoms with Crippen LogP contribution in [0.15, 0.2) is 41.8 Å². The number of aromatic nitrogens is 2. The van der Waals surface area contributed by atoms with Crippen LogP contribution in [0.1, 0.15) is 0 Å². The summed E-state index contributed by atoms with van der Waals surface area (Å²) >= 11 is 0. The van der Waals surface area contributed by atoms with Crippen molar-refractivity contribution in [3.05, 3.63) is 47.0 Å². The van der Waals surface area contributed by atoms with E-state index in [1.165, 1.54) is 24.8 Å². The van der Waals surface area contributed by atoms with E-state index in [0.29, 0.717) is 0 Å². The van der Waals surface area contributed by atoms with E-state index in [1.807, 2.05) is 0 Å². The number of benzene rings is 1. The van der Waals surface area contributed by atoms with E-state index in [9.17, 15) is 18.5 Å². The predicted molar refractivity (Wildman–Crippen MR) is 73.7 cm³/mol. The number of nitrogens with two attached hydrogens (primary N) is 1. The van der Waals surface area contributed by atoms with Crippen molar-refractivity contribution in [3.63, 3.8) is 0 Å². The van der Waals surface area contributed by atoms with E-state index >= 15 is 0 Å². The van der Waals surface area contributed by atoms with E-state index in [1.54, 1.807) is 0 Å². The smallest absolute Gasteiger partial charge is 0.291 e. The highest BCUT2D eigenvalue weighted by molar-refractivity contribution is 7.92. The summed E-state index contributed by atoms with van der Waals surface area (Å²) in [5, 5.41) is 11.0. The SMILES string of the molecule is NNc1ccc(S(=O)(=O)Nc2cncnc2)c([N+](=O)[O-])c1. The monoisotopic (exact) mass is 310 g/mol. The summed E-state index contributed by atoms with van der Waals surface area (Å²) in [5.74, 6) is 5.15. The molecule has 0 bridgehead atoms. The van der Waals surface area contributed by atoms with Crippen LogP contribution in [0.4, 0.5) is 17.1 Å². The lowest BCUT2D eigenvalue weighted by atomic mass is 10.3. The molecule has 11 heteroatoms. The molecule has 0 amide bonds. The fraction of sp³-hybridized carbons (Fsp3) is 0. The second-order valence-electron chi connectivity index (χ2n) is 3.82. The van der Waals surface area contributed by atoms with E-state index < -0.39 is 25.5 Å². The third-order valence-electron chi connectivity index (χ3n) is 2.42. The lowest BCUT2D eigenvalue weighted by Gasteiger charge is -2.08. The zero-order valence-electron chi connectivity index (χ0n) is 10.4. The zero-order valence-corrected chi connectivity index (χ0v) is 11.2. The van der Waals surface area contributed by atoms with Crippen LogP contribution < -0.4 is 16.0 Å². The van der Waals surface area contributed by atoms with Crippen molar-refractivity contribution in [1.82, 2.24) is 9.97 Å². The Morgan fingerprint density at radius 2 is 1.86 bits per heavy atom. The molecule has 2 rings (SSSR count). The molecule has 0 fully saturated rings. The van der Waals surface area contributed by atoms with E-state index in [2.05, 4.69) is 20.1 Å². The summed E-state index contributed by atoms with van der Waals surface area (Å²) in [4.78, 5) is 17.0. The predicted octanol–water partition coefficient (Wildman–Crippen LogP) is 0.471. The molecule has 4 N–H and O–H groups in total. The van der Waals surface area contributed by atoms with Crippen LogP contribution in [0.25, 0.3) is 0 Å². The highest BCUT2D eigenvalue weighted by Crippen LogP contribution is 2.28. The van der Waals surface area contributed by atoms with Gasteiger partial charge in [0.25, 0.3) is 15.7 Å². The maximum absolute atomic E-state index is 12.2. The number of nitro benzene ring substituents is 1. The van der Waals surface area contributed by atoms with E-state index in [0.717, 1.165) is 12.1 Å². The molecule has 0 saturated carbocycles. The fourth-order valence-corrected chi connectivity index (χ4v) is 2.72. The molecule has 0 atom stereocenters. The van der Waals surface area contributed by atoms with Gasteiger partial charge in [0.15, 0.2) is 4.90 Å². The number of sulfonamides is 1. The number of rotatable bonds is 5. The first-order valence-corrected chi connectivity index (χ1v) is 6.95. The van der Waals surface area contributed by atoms with Crippen LogP contribution in [0, 0.1) is 10.1 Å². The Bertz CT molecular complexity index is 764. The molecular formula is C10H10N6O4S. The number of nitrogens with zero attached hydrogens (tertiary/aromatic N) is 3. The summed E-state index contributed by atoms with van der Waals surface area (Å²) in [6.45, 7) is 0. The Hall–Kier alpha value is -2.79. The largest absolute Gasteiger partial charge is 0.324 e. The molecular weight excluding hydrogens is 300 g/mol. The maximum Gasteiger partial charge on any atom is 0.291 e. The van der Waals surface area contributed by atoms with Gasteiger partial charge in [-0.25, -0.2) is 18.4 Å². The summed E-state index contributed by atoms with van der Waals surface area (Å²) < 4.78 is 26.6. The second-order valence-corrected chi connectivity index (χ2v) is 5.47. The lowest BCUT2D eigenvalue weighted by molar-refractivity contribution is -0.387. The normalized spacial score (nSPS) is 10.9. The first-order valence-electron chi connectivity index (χ1n) is 5.47. The number of anilines is 2. The quantitative estimate of drug-likeness (QED) is 0.409. The average molecular weight is 310 g/mol. The standard InChI is InChI=1S/C10H10N6O4S/c11-14-7-1-2-10(9(3-7)16(17)18)21(19,20)15-8-4-12-6-13-5-8/h1-6,14-15H,11H2. The maximum atomic E-state index is 12.2. The minimum Gasteiger partial charge on any atom is -0.324 e. The number of nitrogens with one attached hydrogen (secondary N) is 2. The molecule has 0 aliphatic heterocycles. The molecule has 0 spiro atoms. The minimum absolute atomic E-state index is 0.0906. The molecule has 2 aromatic rings. The number of hydrogen-bond donors (Lipinski definition) is 3. The van der Waals surface area contributed by atoms with E-state index in [-0.39, 0.29) is 11.4 Å². The summed E-state index contributed by atoms with van der Waals surface area (Å²) in [6, 6.07) is 3.42. The van der Waals surface area contributed by atoms with Crippen LogP contribution in [0.5, 0.6) is 0 Å². The summed E-state index contributed by atoms with van der Waals surface area (Å²) in [6.07, 6.45) is 3.68. The van der Waals surface area contributed by atoms with Crippen LogP contribution >= 0.6 is 0 Å². The second kappa shape index (κ2) is 5.68. The molecule has 0 radical (unpaired) electrons. The van der Waals surface area contributed by atoms with Gasteiger partial charge in [-0.3, -0.25) is 20.7 Å². The molecule has 1 aromatic carbocycles. The number of hydrazine groups is 1. The molecule has 1 aromatic heterocycles. The van der Waals surface area contributed by atoms with Gasteiger partial charge in [-0.2, -0.15) is 0 Å². The van der Waals surface area contributed by atoms with Gasteiger partial charge in [-0.05, 0) is 12.1 Å². The highest BCUT2D eigenvalue weighted by Gasteiger charge is 2.26. The van der Waals surface area contributed by atoms with Crippen LogP contribution in [-0.2, 0) is 10.0 Å². The first kappa shape index (κ1) is 14.6. The van der Waals surface area contributed by atoms with Crippen molar-refractivity contribution < 1.29 is 13.3 Å². The zero-order chi connectivity index (χ0) is 15.5. The van der Waals surface area contributed by atoms with E-state index in [4.69, 9.17) is 5.84 Å². The Kier molecular flexibility index (Phi) is 3.95. The number of nitrogen functional groups attached to an aromatic ring is 1. The Balaban J connectivity index is 2.47. The molecule has 110 valence electrons. The summed E-state index contributed by atoms with van der Waals surface area (Å²) in [7, 11) is -4.15. The molecule has 0 aliphatic rings. The van der Waals surface area contributed by atoms with Gasteiger partial charge in [0, 0.05) is 6.07 Å². The third kappa shape index (κ3) is 3.21. The van der Waals surface area contributed by atoms with Gasteiger partial charge in [0.05, 0.1) is 28.7 Å². The van der Waals surface area contributed by atoms with Crippen molar-refractivity contribution in [2.24, 2.45) is 5.84 Å². The molecule has 0 unspecified atom stereocenters. The molecule has 0 aliphatic carbocycles. The van der Waals surface area contributed by atoms with Gasteiger partial charge in [0.2, 0.25) is 0 Å². The van der Waals surface area contributed by atoms with Gasteiger partial charge < -0.3 is 5.43 Å². The average Bonchev–Trinajstić information content (AvgIpc) is 2.47. The third-order valence-corrected chi connectivity index (χ3v) is 3.85.